The normalized spacial score (nSPS) is 20.5. The van der Waals surface area contributed by atoms with Crippen LogP contribution in [-0.2, 0) is 10.0 Å². The van der Waals surface area contributed by atoms with E-state index in [0.29, 0.717) is 31.3 Å². The number of aliphatic imine (C=N–C) groups is 1. The van der Waals surface area contributed by atoms with Gasteiger partial charge >= 0.3 is 0 Å². The second kappa shape index (κ2) is 12.6. The minimum atomic E-state index is -3.12. The van der Waals surface area contributed by atoms with Crippen molar-refractivity contribution in [3.05, 3.63) is 35.9 Å². The Kier molecular flexibility index (Phi) is 11.4. The molecule has 2 rings (SSSR count). The van der Waals surface area contributed by atoms with Crippen LogP contribution in [-0.4, -0.2) is 58.3 Å². The fraction of sp³-hybridized carbons (Fsp3) is 0.650. The van der Waals surface area contributed by atoms with Gasteiger partial charge in [0.15, 0.2) is 5.96 Å². The van der Waals surface area contributed by atoms with Crippen LogP contribution in [0, 0.1) is 5.92 Å². The number of guanidine groups is 1. The number of benzene rings is 1. The minimum Gasteiger partial charge on any atom is -0.357 e. The van der Waals surface area contributed by atoms with Gasteiger partial charge in [-0.3, -0.25) is 4.99 Å². The van der Waals surface area contributed by atoms with Gasteiger partial charge in [-0.25, -0.2) is 13.1 Å². The van der Waals surface area contributed by atoms with E-state index in [1.165, 1.54) is 11.8 Å². The molecule has 2 unspecified atom stereocenters. The van der Waals surface area contributed by atoms with E-state index in [1.54, 1.807) is 0 Å². The highest BCUT2D eigenvalue weighted by atomic mass is 127. The number of sulfonamides is 1. The van der Waals surface area contributed by atoms with E-state index in [-0.39, 0.29) is 24.0 Å². The Balaban J connectivity index is 0.00000392. The molecule has 0 aliphatic carbocycles. The number of likely N-dealkylation sites (tertiary alicyclic amines) is 1. The summed E-state index contributed by atoms with van der Waals surface area (Å²) < 4.78 is 24.8. The molecular weight excluding hydrogens is 487 g/mol. The molecule has 0 spiro atoms. The van der Waals surface area contributed by atoms with Crippen molar-refractivity contribution in [2.24, 2.45) is 10.9 Å². The summed E-state index contributed by atoms with van der Waals surface area (Å²) in [7, 11) is -3.12. The second-order valence-corrected chi connectivity index (χ2v) is 9.01. The Morgan fingerprint density at radius 2 is 1.96 bits per heavy atom. The predicted molar refractivity (Wildman–Crippen MR) is 128 cm³/mol. The molecule has 28 heavy (non-hydrogen) atoms. The van der Waals surface area contributed by atoms with Crippen LogP contribution in [0.1, 0.15) is 44.6 Å². The number of nitrogens with zero attached hydrogens (tertiary/aromatic N) is 2. The standard InChI is InChI=1S/C20H34N4O2S.HI/c1-4-17-16-24(15-12-19(17)18-10-7-6-8-11-18)20(21-5-2)22-13-9-14-23-27(3,25)26;/h6-8,10-11,17,19,23H,4-5,9,12-16H2,1-3H3,(H,21,22);1H. The number of halogens is 1. The Bertz CT molecular complexity index is 697. The van der Waals surface area contributed by atoms with Gasteiger partial charge in [-0.1, -0.05) is 43.7 Å². The first-order valence-corrected chi connectivity index (χ1v) is 11.9. The van der Waals surface area contributed by atoms with E-state index in [4.69, 9.17) is 4.99 Å². The molecule has 1 aromatic rings. The van der Waals surface area contributed by atoms with Gasteiger partial charge in [-0.05, 0) is 37.2 Å². The van der Waals surface area contributed by atoms with E-state index in [1.807, 2.05) is 0 Å². The minimum absolute atomic E-state index is 0. The molecule has 6 nitrogen and oxygen atoms in total. The highest BCUT2D eigenvalue weighted by Gasteiger charge is 2.30. The molecule has 0 amide bonds. The lowest BCUT2D eigenvalue weighted by atomic mass is 9.79. The molecule has 1 saturated heterocycles. The lowest BCUT2D eigenvalue weighted by molar-refractivity contribution is 0.215. The van der Waals surface area contributed by atoms with Crippen molar-refractivity contribution in [2.75, 3.05) is 39.0 Å². The van der Waals surface area contributed by atoms with Crippen LogP contribution in [0.4, 0.5) is 0 Å². The summed E-state index contributed by atoms with van der Waals surface area (Å²) in [5, 5.41) is 3.40. The average Bonchev–Trinajstić information content (AvgIpc) is 2.66. The van der Waals surface area contributed by atoms with E-state index in [2.05, 4.69) is 59.1 Å². The van der Waals surface area contributed by atoms with E-state index in [9.17, 15) is 8.42 Å². The van der Waals surface area contributed by atoms with Crippen molar-refractivity contribution in [3.63, 3.8) is 0 Å². The third-order valence-corrected chi connectivity index (χ3v) is 5.81. The number of nitrogens with one attached hydrogen (secondary N) is 2. The van der Waals surface area contributed by atoms with Gasteiger partial charge < -0.3 is 10.2 Å². The summed E-state index contributed by atoms with van der Waals surface area (Å²) in [6.45, 7) is 8.21. The fourth-order valence-electron chi connectivity index (χ4n) is 3.72. The zero-order valence-corrected chi connectivity index (χ0v) is 20.4. The number of hydrogen-bond donors (Lipinski definition) is 2. The molecule has 2 atom stereocenters. The third-order valence-electron chi connectivity index (χ3n) is 5.08. The number of piperidine rings is 1. The van der Waals surface area contributed by atoms with Gasteiger partial charge in [-0.2, -0.15) is 0 Å². The van der Waals surface area contributed by atoms with E-state index < -0.39 is 10.0 Å². The zero-order valence-electron chi connectivity index (χ0n) is 17.2. The molecule has 1 aliphatic heterocycles. The van der Waals surface area contributed by atoms with Crippen molar-refractivity contribution in [3.8, 4) is 0 Å². The van der Waals surface area contributed by atoms with Crippen LogP contribution >= 0.6 is 24.0 Å². The second-order valence-electron chi connectivity index (χ2n) is 7.18. The first-order chi connectivity index (χ1) is 12.9. The molecule has 0 radical (unpaired) electrons. The maximum absolute atomic E-state index is 11.1. The molecule has 2 N–H and O–H groups in total. The van der Waals surface area contributed by atoms with Gasteiger partial charge in [0.05, 0.1) is 6.26 Å². The molecule has 0 saturated carbocycles. The topological polar surface area (TPSA) is 73.8 Å². The Labute approximate surface area is 187 Å². The monoisotopic (exact) mass is 522 g/mol. The summed E-state index contributed by atoms with van der Waals surface area (Å²) in [6, 6.07) is 10.8. The van der Waals surface area contributed by atoms with Crippen molar-refractivity contribution >= 4 is 40.0 Å². The van der Waals surface area contributed by atoms with Crippen LogP contribution in [0.5, 0.6) is 0 Å². The smallest absolute Gasteiger partial charge is 0.208 e. The average molecular weight is 522 g/mol. The van der Waals surface area contributed by atoms with Gasteiger partial charge in [-0.15, -0.1) is 24.0 Å². The highest BCUT2D eigenvalue weighted by Crippen LogP contribution is 2.34. The summed E-state index contributed by atoms with van der Waals surface area (Å²) in [5.41, 5.74) is 1.44. The van der Waals surface area contributed by atoms with Crippen LogP contribution in [0.3, 0.4) is 0 Å². The first-order valence-electron chi connectivity index (χ1n) is 9.97. The van der Waals surface area contributed by atoms with Gasteiger partial charge in [0.1, 0.15) is 0 Å². The van der Waals surface area contributed by atoms with Crippen LogP contribution < -0.4 is 10.0 Å². The molecule has 0 bridgehead atoms. The van der Waals surface area contributed by atoms with E-state index in [0.717, 1.165) is 38.4 Å². The van der Waals surface area contributed by atoms with Crippen LogP contribution in [0.2, 0.25) is 0 Å². The zero-order chi connectivity index (χ0) is 19.7. The SMILES string of the molecule is CCNC(=NCCCNS(C)(=O)=O)N1CCC(c2ccccc2)C(CC)C1.I. The Morgan fingerprint density at radius 3 is 2.57 bits per heavy atom. The molecule has 8 heteroatoms. The maximum Gasteiger partial charge on any atom is 0.208 e. The molecule has 1 heterocycles. The largest absolute Gasteiger partial charge is 0.357 e. The van der Waals surface area contributed by atoms with Crippen molar-refractivity contribution in [1.82, 2.24) is 14.9 Å². The van der Waals surface area contributed by atoms with Crippen molar-refractivity contribution in [2.45, 2.75) is 39.0 Å². The fourth-order valence-corrected chi connectivity index (χ4v) is 4.24. The maximum atomic E-state index is 11.1. The van der Waals surface area contributed by atoms with Crippen molar-refractivity contribution in [1.29, 1.82) is 0 Å². The Hall–Kier alpha value is -0.870. The molecular formula is C20H35IN4O2S. The third kappa shape index (κ3) is 8.24. The summed E-state index contributed by atoms with van der Waals surface area (Å²) in [4.78, 5) is 7.08. The molecule has 0 aromatic heterocycles. The summed E-state index contributed by atoms with van der Waals surface area (Å²) in [6.07, 6.45) is 4.15. The van der Waals surface area contributed by atoms with Crippen LogP contribution in [0.15, 0.2) is 35.3 Å². The van der Waals surface area contributed by atoms with Gasteiger partial charge in [0, 0.05) is 32.7 Å². The quantitative estimate of drug-likeness (QED) is 0.238. The number of hydrogen-bond acceptors (Lipinski definition) is 3. The molecule has 160 valence electrons. The van der Waals surface area contributed by atoms with Crippen LogP contribution in [0.25, 0.3) is 0 Å². The van der Waals surface area contributed by atoms with E-state index >= 15 is 0 Å². The highest BCUT2D eigenvalue weighted by molar-refractivity contribution is 14.0. The van der Waals surface area contributed by atoms with Gasteiger partial charge in [0.25, 0.3) is 0 Å². The Morgan fingerprint density at radius 1 is 1.25 bits per heavy atom. The van der Waals surface area contributed by atoms with Gasteiger partial charge in [0.2, 0.25) is 10.0 Å². The summed E-state index contributed by atoms with van der Waals surface area (Å²) >= 11 is 0. The molecule has 1 aliphatic rings. The first kappa shape index (κ1) is 25.2. The van der Waals surface area contributed by atoms with Crippen molar-refractivity contribution < 1.29 is 8.42 Å². The lowest BCUT2D eigenvalue weighted by Crippen LogP contribution is -2.48. The molecule has 1 aromatic carbocycles. The molecule has 1 fully saturated rings. The predicted octanol–water partition coefficient (Wildman–Crippen LogP) is 3.02. The summed E-state index contributed by atoms with van der Waals surface area (Å²) in [5.74, 6) is 2.16. The lowest BCUT2D eigenvalue weighted by Gasteiger charge is -2.40. The number of rotatable bonds is 8.